The number of benzene rings is 1. The van der Waals surface area contributed by atoms with E-state index in [1.54, 1.807) is 12.1 Å². The number of nitrogens with two attached hydrogens (primary N) is 1. The van der Waals surface area contributed by atoms with Gasteiger partial charge in [-0.1, -0.05) is 25.5 Å². The Hall–Kier alpha value is -1.24. The highest BCUT2D eigenvalue weighted by Gasteiger charge is 2.11. The molecule has 0 fully saturated rings. The number of hydrogen-bond acceptors (Lipinski definition) is 3. The minimum absolute atomic E-state index is 0.301. The van der Waals surface area contributed by atoms with Gasteiger partial charge >= 0.3 is 0 Å². The largest absolute Gasteiger partial charge is 0.383 e. The van der Waals surface area contributed by atoms with Crippen molar-refractivity contribution in [2.75, 3.05) is 5.73 Å². The first-order valence-electron chi connectivity index (χ1n) is 5.69. The van der Waals surface area contributed by atoms with Gasteiger partial charge in [-0.15, -0.1) is 0 Å². The van der Waals surface area contributed by atoms with Crippen molar-refractivity contribution in [3.8, 4) is 11.4 Å². The number of anilines is 1. The summed E-state index contributed by atoms with van der Waals surface area (Å²) < 4.78 is 14.1. The van der Waals surface area contributed by atoms with Crippen molar-refractivity contribution in [2.45, 2.75) is 19.8 Å². The van der Waals surface area contributed by atoms with Gasteiger partial charge in [-0.25, -0.2) is 14.4 Å². The molecule has 5 heteroatoms. The van der Waals surface area contributed by atoms with Gasteiger partial charge in [0.05, 0.1) is 9.26 Å². The molecular weight excluding hydrogens is 344 g/mol. The lowest BCUT2D eigenvalue weighted by Crippen LogP contribution is -2.05. The van der Waals surface area contributed by atoms with E-state index in [1.807, 2.05) is 0 Å². The topological polar surface area (TPSA) is 51.8 Å². The molecular formula is C13H13FIN3. The Morgan fingerprint density at radius 2 is 2.11 bits per heavy atom. The van der Waals surface area contributed by atoms with Gasteiger partial charge in [-0.2, -0.15) is 0 Å². The smallest absolute Gasteiger partial charge is 0.161 e. The molecule has 0 unspecified atom stereocenters. The Bertz CT molecular complexity index is 572. The highest BCUT2D eigenvalue weighted by molar-refractivity contribution is 14.1. The van der Waals surface area contributed by atoms with Crippen LogP contribution in [0.2, 0.25) is 0 Å². The van der Waals surface area contributed by atoms with Gasteiger partial charge in [0.25, 0.3) is 0 Å². The summed E-state index contributed by atoms with van der Waals surface area (Å²) >= 11 is 2.15. The van der Waals surface area contributed by atoms with E-state index in [0.29, 0.717) is 17.2 Å². The maximum atomic E-state index is 13.2. The van der Waals surface area contributed by atoms with Gasteiger partial charge in [-0.05, 0) is 41.1 Å². The first-order valence-corrected chi connectivity index (χ1v) is 6.77. The minimum atomic E-state index is -0.301. The normalized spacial score (nSPS) is 10.6. The van der Waals surface area contributed by atoms with Crippen LogP contribution < -0.4 is 5.73 Å². The van der Waals surface area contributed by atoms with Crippen LogP contribution in [-0.4, -0.2) is 9.97 Å². The number of aromatic nitrogens is 2. The van der Waals surface area contributed by atoms with Crippen LogP contribution in [0.3, 0.4) is 0 Å². The molecule has 0 saturated heterocycles. The Morgan fingerprint density at radius 1 is 1.33 bits per heavy atom. The molecule has 1 aromatic carbocycles. The van der Waals surface area contributed by atoms with Crippen LogP contribution in [0.25, 0.3) is 11.4 Å². The lowest BCUT2D eigenvalue weighted by molar-refractivity contribution is 0.628. The minimum Gasteiger partial charge on any atom is -0.383 e. The second-order valence-corrected chi connectivity index (χ2v) is 5.03. The molecule has 0 saturated carbocycles. The quantitative estimate of drug-likeness (QED) is 0.857. The summed E-state index contributed by atoms with van der Waals surface area (Å²) in [4.78, 5) is 8.69. The highest BCUT2D eigenvalue weighted by Crippen LogP contribution is 2.23. The van der Waals surface area contributed by atoms with E-state index in [9.17, 15) is 4.39 Å². The number of hydrogen-bond donors (Lipinski definition) is 1. The number of nitrogen functional groups attached to an aromatic ring is 1. The number of aryl methyl sites for hydroxylation is 1. The Kier molecular flexibility index (Phi) is 4.11. The second-order valence-electron chi connectivity index (χ2n) is 3.95. The lowest BCUT2D eigenvalue weighted by atomic mass is 10.2. The summed E-state index contributed by atoms with van der Waals surface area (Å²) in [6.07, 6.45) is 1.82. The van der Waals surface area contributed by atoms with Crippen LogP contribution in [0.15, 0.2) is 24.3 Å². The predicted molar refractivity (Wildman–Crippen MR) is 78.6 cm³/mol. The van der Waals surface area contributed by atoms with E-state index in [1.165, 1.54) is 12.1 Å². The van der Waals surface area contributed by atoms with Crippen molar-refractivity contribution in [3.05, 3.63) is 39.3 Å². The van der Waals surface area contributed by atoms with Crippen molar-refractivity contribution < 1.29 is 4.39 Å². The third-order valence-electron chi connectivity index (χ3n) is 2.52. The van der Waals surface area contributed by atoms with Crippen LogP contribution in [0, 0.1) is 9.39 Å². The molecule has 0 spiro atoms. The van der Waals surface area contributed by atoms with Gasteiger partial charge in [0, 0.05) is 5.56 Å². The SMILES string of the molecule is CCCc1nc(-c2cccc(F)c2)nc(N)c1I. The summed E-state index contributed by atoms with van der Waals surface area (Å²) in [6, 6.07) is 6.23. The van der Waals surface area contributed by atoms with Gasteiger partial charge in [0.15, 0.2) is 5.82 Å². The predicted octanol–water partition coefficient (Wildman–Crippen LogP) is 3.42. The van der Waals surface area contributed by atoms with Crippen LogP contribution in [0.4, 0.5) is 10.2 Å². The maximum absolute atomic E-state index is 13.2. The Balaban J connectivity index is 2.51. The number of halogens is 2. The average molecular weight is 357 g/mol. The fraction of sp³-hybridized carbons (Fsp3) is 0.231. The zero-order valence-electron chi connectivity index (χ0n) is 9.95. The van der Waals surface area contributed by atoms with Crippen molar-refractivity contribution in [3.63, 3.8) is 0 Å². The fourth-order valence-corrected chi connectivity index (χ4v) is 2.18. The summed E-state index contributed by atoms with van der Waals surface area (Å²) in [5, 5.41) is 0. The third-order valence-corrected chi connectivity index (χ3v) is 3.69. The van der Waals surface area contributed by atoms with E-state index >= 15 is 0 Å². The molecule has 0 aliphatic carbocycles. The molecule has 1 heterocycles. The molecule has 0 amide bonds. The molecule has 2 N–H and O–H groups in total. The first kappa shape index (κ1) is 13.2. The van der Waals surface area contributed by atoms with E-state index in [-0.39, 0.29) is 5.82 Å². The third kappa shape index (κ3) is 2.77. The van der Waals surface area contributed by atoms with E-state index in [0.717, 1.165) is 22.1 Å². The highest BCUT2D eigenvalue weighted by atomic mass is 127. The molecule has 0 aliphatic rings. The molecule has 0 bridgehead atoms. The van der Waals surface area contributed by atoms with Crippen molar-refractivity contribution >= 4 is 28.4 Å². The molecule has 0 atom stereocenters. The van der Waals surface area contributed by atoms with E-state index < -0.39 is 0 Å². The molecule has 2 rings (SSSR count). The monoisotopic (exact) mass is 357 g/mol. The average Bonchev–Trinajstić information content (AvgIpc) is 2.35. The van der Waals surface area contributed by atoms with Gasteiger partial charge in [-0.3, -0.25) is 0 Å². The van der Waals surface area contributed by atoms with Crippen molar-refractivity contribution in [1.29, 1.82) is 0 Å². The number of rotatable bonds is 3. The molecule has 18 heavy (non-hydrogen) atoms. The van der Waals surface area contributed by atoms with Crippen molar-refractivity contribution in [1.82, 2.24) is 9.97 Å². The number of nitrogens with zero attached hydrogens (tertiary/aromatic N) is 2. The van der Waals surface area contributed by atoms with E-state index in [4.69, 9.17) is 5.73 Å². The van der Waals surface area contributed by atoms with E-state index in [2.05, 4.69) is 39.5 Å². The molecule has 94 valence electrons. The molecule has 0 aliphatic heterocycles. The Morgan fingerprint density at radius 3 is 2.78 bits per heavy atom. The van der Waals surface area contributed by atoms with Crippen molar-refractivity contribution in [2.24, 2.45) is 0 Å². The second kappa shape index (κ2) is 5.60. The summed E-state index contributed by atoms with van der Waals surface area (Å²) in [7, 11) is 0. The molecule has 3 nitrogen and oxygen atoms in total. The zero-order chi connectivity index (χ0) is 13.1. The van der Waals surface area contributed by atoms with Crippen LogP contribution in [0.5, 0.6) is 0 Å². The van der Waals surface area contributed by atoms with Crippen LogP contribution in [-0.2, 0) is 6.42 Å². The molecule has 1 aromatic heterocycles. The van der Waals surface area contributed by atoms with Gasteiger partial charge < -0.3 is 5.73 Å². The standard InChI is InChI=1S/C13H13FIN3/c1-2-4-10-11(15)12(16)18-13(17-10)8-5-3-6-9(14)7-8/h3,5-7H,2,4H2,1H3,(H2,16,17,18). The first-order chi connectivity index (χ1) is 8.61. The van der Waals surface area contributed by atoms with Crippen LogP contribution >= 0.6 is 22.6 Å². The lowest BCUT2D eigenvalue weighted by Gasteiger charge is -2.08. The maximum Gasteiger partial charge on any atom is 0.161 e. The molecule has 2 aromatic rings. The summed E-state index contributed by atoms with van der Waals surface area (Å²) in [5.41, 5.74) is 7.44. The van der Waals surface area contributed by atoms with Gasteiger partial charge in [0.1, 0.15) is 11.6 Å². The zero-order valence-corrected chi connectivity index (χ0v) is 12.1. The summed E-state index contributed by atoms with van der Waals surface area (Å²) in [5.74, 6) is 0.634. The Labute approximate surface area is 119 Å². The fourth-order valence-electron chi connectivity index (χ4n) is 1.67. The van der Waals surface area contributed by atoms with Gasteiger partial charge in [0.2, 0.25) is 0 Å². The van der Waals surface area contributed by atoms with Crippen LogP contribution in [0.1, 0.15) is 19.0 Å². The summed E-state index contributed by atoms with van der Waals surface area (Å²) in [6.45, 7) is 2.08. The molecule has 0 radical (unpaired) electrons.